The first-order valence-corrected chi connectivity index (χ1v) is 10.0. The van der Waals surface area contributed by atoms with Gasteiger partial charge >= 0.3 is 6.09 Å². The van der Waals surface area contributed by atoms with Crippen molar-refractivity contribution in [1.29, 1.82) is 0 Å². The topological polar surface area (TPSA) is 58.6 Å². The SMILES string of the molecule is CCc1ccc(C(CO)NC(=O)OCC2c3ccccc3-c3ccccc32)cc1. The van der Waals surface area contributed by atoms with E-state index in [4.69, 9.17) is 4.74 Å². The number of carbonyl (C=O) groups is 1. The molecule has 1 aliphatic rings. The number of carbonyl (C=O) groups excluding carboxylic acids is 1. The average Bonchev–Trinajstić information content (AvgIpc) is 3.10. The predicted octanol–water partition coefficient (Wildman–Crippen LogP) is 4.82. The van der Waals surface area contributed by atoms with E-state index in [0.717, 1.165) is 12.0 Å². The molecule has 1 unspecified atom stereocenters. The molecule has 1 atom stereocenters. The zero-order valence-electron chi connectivity index (χ0n) is 16.5. The molecule has 1 amide bonds. The maximum atomic E-state index is 12.4. The van der Waals surface area contributed by atoms with Crippen molar-refractivity contribution < 1.29 is 14.6 Å². The molecule has 29 heavy (non-hydrogen) atoms. The van der Waals surface area contributed by atoms with Crippen molar-refractivity contribution in [3.05, 3.63) is 95.1 Å². The van der Waals surface area contributed by atoms with Crippen molar-refractivity contribution >= 4 is 6.09 Å². The molecule has 0 saturated carbocycles. The number of amides is 1. The molecule has 3 aromatic carbocycles. The number of hydrogen-bond acceptors (Lipinski definition) is 3. The van der Waals surface area contributed by atoms with Crippen LogP contribution in [0.25, 0.3) is 11.1 Å². The van der Waals surface area contributed by atoms with Crippen molar-refractivity contribution in [2.24, 2.45) is 0 Å². The van der Waals surface area contributed by atoms with Crippen LogP contribution >= 0.6 is 0 Å². The Hall–Kier alpha value is -3.11. The van der Waals surface area contributed by atoms with E-state index in [-0.39, 0.29) is 19.1 Å². The molecule has 0 bridgehead atoms. The van der Waals surface area contributed by atoms with Gasteiger partial charge in [-0.2, -0.15) is 0 Å². The van der Waals surface area contributed by atoms with Crippen LogP contribution in [0.15, 0.2) is 72.8 Å². The fourth-order valence-corrected chi connectivity index (χ4v) is 4.00. The minimum Gasteiger partial charge on any atom is -0.449 e. The van der Waals surface area contributed by atoms with E-state index in [1.165, 1.54) is 27.8 Å². The highest BCUT2D eigenvalue weighted by atomic mass is 16.5. The van der Waals surface area contributed by atoms with Crippen LogP contribution < -0.4 is 5.32 Å². The first kappa shape index (κ1) is 19.2. The van der Waals surface area contributed by atoms with E-state index in [2.05, 4.69) is 36.5 Å². The van der Waals surface area contributed by atoms with Gasteiger partial charge in [-0.05, 0) is 39.8 Å². The number of ether oxygens (including phenoxy) is 1. The summed E-state index contributed by atoms with van der Waals surface area (Å²) in [6.07, 6.45) is 0.426. The summed E-state index contributed by atoms with van der Waals surface area (Å²) in [4.78, 5) is 12.4. The molecule has 0 radical (unpaired) electrons. The van der Waals surface area contributed by atoms with Crippen LogP contribution in [-0.4, -0.2) is 24.4 Å². The first-order chi connectivity index (χ1) is 14.2. The predicted molar refractivity (Wildman–Crippen MR) is 114 cm³/mol. The summed E-state index contributed by atoms with van der Waals surface area (Å²) in [5.41, 5.74) is 6.82. The molecular formula is C25H25NO3. The maximum Gasteiger partial charge on any atom is 0.407 e. The van der Waals surface area contributed by atoms with E-state index in [1.807, 2.05) is 48.5 Å². The molecular weight excluding hydrogens is 362 g/mol. The standard InChI is InChI=1S/C25H25NO3/c1-2-17-11-13-18(14-12-17)24(15-27)26-25(28)29-16-23-21-9-5-3-7-19(21)20-8-4-6-10-22(20)23/h3-14,23-24,27H,2,15-16H2,1H3,(H,26,28). The quantitative estimate of drug-likeness (QED) is 0.637. The summed E-state index contributed by atoms with van der Waals surface area (Å²) in [7, 11) is 0. The van der Waals surface area contributed by atoms with Gasteiger partial charge in [-0.15, -0.1) is 0 Å². The summed E-state index contributed by atoms with van der Waals surface area (Å²) in [5, 5.41) is 12.5. The lowest BCUT2D eigenvalue weighted by Gasteiger charge is -2.19. The highest BCUT2D eigenvalue weighted by molar-refractivity contribution is 5.79. The maximum absolute atomic E-state index is 12.4. The van der Waals surface area contributed by atoms with Crippen molar-refractivity contribution in [3.8, 4) is 11.1 Å². The number of aryl methyl sites for hydroxylation is 1. The Balaban J connectivity index is 1.44. The fraction of sp³-hybridized carbons (Fsp3) is 0.240. The van der Waals surface area contributed by atoms with Crippen LogP contribution in [0.1, 0.15) is 41.1 Å². The van der Waals surface area contributed by atoms with Crippen molar-refractivity contribution in [3.63, 3.8) is 0 Å². The minimum absolute atomic E-state index is 0.0181. The summed E-state index contributed by atoms with van der Waals surface area (Å²) in [6.45, 7) is 2.16. The molecule has 4 nitrogen and oxygen atoms in total. The molecule has 0 aliphatic heterocycles. The number of rotatable bonds is 6. The monoisotopic (exact) mass is 387 g/mol. The third-order valence-electron chi connectivity index (χ3n) is 5.61. The van der Waals surface area contributed by atoms with E-state index in [9.17, 15) is 9.90 Å². The summed E-state index contributed by atoms with van der Waals surface area (Å²) in [5.74, 6) is 0.0181. The normalized spacial score (nSPS) is 13.4. The third kappa shape index (κ3) is 3.89. The van der Waals surface area contributed by atoms with Gasteiger partial charge in [0.25, 0.3) is 0 Å². The summed E-state index contributed by atoms with van der Waals surface area (Å²) in [6, 6.07) is 23.9. The van der Waals surface area contributed by atoms with Crippen LogP contribution in [0, 0.1) is 0 Å². The van der Waals surface area contributed by atoms with Crippen molar-refractivity contribution in [2.75, 3.05) is 13.2 Å². The van der Waals surface area contributed by atoms with Gasteiger partial charge in [0.2, 0.25) is 0 Å². The van der Waals surface area contributed by atoms with Gasteiger partial charge in [0.1, 0.15) is 6.61 Å². The molecule has 2 N–H and O–H groups in total. The second kappa shape index (κ2) is 8.50. The van der Waals surface area contributed by atoms with Crippen LogP contribution in [0.5, 0.6) is 0 Å². The van der Waals surface area contributed by atoms with Crippen LogP contribution in [0.3, 0.4) is 0 Å². The molecule has 0 saturated heterocycles. The summed E-state index contributed by atoms with van der Waals surface area (Å²) >= 11 is 0. The molecule has 0 aromatic heterocycles. The van der Waals surface area contributed by atoms with E-state index in [1.54, 1.807) is 0 Å². The number of hydrogen-bond donors (Lipinski definition) is 2. The number of nitrogens with one attached hydrogen (secondary N) is 1. The minimum atomic E-state index is -0.523. The molecule has 0 fully saturated rings. The Morgan fingerprint density at radius 2 is 1.55 bits per heavy atom. The molecule has 4 heteroatoms. The highest BCUT2D eigenvalue weighted by Gasteiger charge is 2.29. The zero-order valence-corrected chi connectivity index (χ0v) is 16.5. The Labute approximate surface area is 171 Å². The van der Waals surface area contributed by atoms with E-state index in [0.29, 0.717) is 0 Å². The Kier molecular flexibility index (Phi) is 5.63. The van der Waals surface area contributed by atoms with E-state index >= 15 is 0 Å². The van der Waals surface area contributed by atoms with Crippen LogP contribution in [0.2, 0.25) is 0 Å². The smallest absolute Gasteiger partial charge is 0.407 e. The van der Waals surface area contributed by atoms with Crippen molar-refractivity contribution in [2.45, 2.75) is 25.3 Å². The van der Waals surface area contributed by atoms with Crippen LogP contribution in [-0.2, 0) is 11.2 Å². The lowest BCUT2D eigenvalue weighted by molar-refractivity contribution is 0.132. The lowest BCUT2D eigenvalue weighted by Crippen LogP contribution is -2.32. The average molecular weight is 387 g/mol. The van der Waals surface area contributed by atoms with Gasteiger partial charge in [-0.1, -0.05) is 79.7 Å². The first-order valence-electron chi connectivity index (χ1n) is 10.0. The van der Waals surface area contributed by atoms with Crippen LogP contribution in [0.4, 0.5) is 4.79 Å². The number of alkyl carbamates (subject to hydrolysis) is 1. The molecule has 148 valence electrons. The second-order valence-corrected chi connectivity index (χ2v) is 7.30. The fourth-order valence-electron chi connectivity index (χ4n) is 4.00. The molecule has 3 aromatic rings. The number of aliphatic hydroxyl groups is 1. The second-order valence-electron chi connectivity index (χ2n) is 7.30. The Morgan fingerprint density at radius 3 is 2.10 bits per heavy atom. The van der Waals surface area contributed by atoms with Gasteiger partial charge in [-0.3, -0.25) is 0 Å². The van der Waals surface area contributed by atoms with Gasteiger partial charge in [0.15, 0.2) is 0 Å². The number of fused-ring (bicyclic) bond motifs is 3. The molecule has 4 rings (SSSR count). The molecule has 0 spiro atoms. The van der Waals surface area contributed by atoms with Gasteiger partial charge in [0.05, 0.1) is 12.6 Å². The Bertz CT molecular complexity index is 951. The molecule has 1 aliphatic carbocycles. The lowest BCUT2D eigenvalue weighted by atomic mass is 9.98. The van der Waals surface area contributed by atoms with Gasteiger partial charge < -0.3 is 15.2 Å². The zero-order chi connectivity index (χ0) is 20.2. The largest absolute Gasteiger partial charge is 0.449 e. The van der Waals surface area contributed by atoms with Gasteiger partial charge in [0, 0.05) is 5.92 Å². The van der Waals surface area contributed by atoms with Gasteiger partial charge in [-0.25, -0.2) is 4.79 Å². The number of aliphatic hydroxyl groups excluding tert-OH is 1. The highest BCUT2D eigenvalue weighted by Crippen LogP contribution is 2.44. The van der Waals surface area contributed by atoms with Crippen molar-refractivity contribution in [1.82, 2.24) is 5.32 Å². The third-order valence-corrected chi connectivity index (χ3v) is 5.61. The van der Waals surface area contributed by atoms with E-state index < -0.39 is 12.1 Å². The Morgan fingerprint density at radius 1 is 0.966 bits per heavy atom. The number of benzene rings is 3. The molecule has 0 heterocycles. The summed E-state index contributed by atoms with van der Waals surface area (Å²) < 4.78 is 5.58.